The van der Waals surface area contributed by atoms with Gasteiger partial charge in [-0.25, -0.2) is 9.59 Å². The summed E-state index contributed by atoms with van der Waals surface area (Å²) in [5.74, 6) is -0.255. The molecule has 128 valence electrons. The Hall–Kier alpha value is -2.11. The molecule has 0 saturated heterocycles. The second-order valence-corrected chi connectivity index (χ2v) is 6.80. The number of nitrogens with one attached hydrogen (secondary N) is 1. The van der Waals surface area contributed by atoms with Crippen LogP contribution in [-0.2, 0) is 20.9 Å². The second kappa shape index (κ2) is 8.50. The Balaban J connectivity index is 2.61. The Kier molecular flexibility index (Phi) is 7.00. The first kappa shape index (κ1) is 18.9. The van der Waals surface area contributed by atoms with Gasteiger partial charge in [-0.05, 0) is 39.2 Å². The lowest BCUT2D eigenvalue weighted by Gasteiger charge is -2.23. The van der Waals surface area contributed by atoms with Crippen LogP contribution in [0.25, 0.3) is 0 Å². The van der Waals surface area contributed by atoms with E-state index in [2.05, 4.69) is 10.3 Å². The largest absolute Gasteiger partial charge is 0.459 e. The Morgan fingerprint density at radius 1 is 1.30 bits per heavy atom. The molecule has 0 fully saturated rings. The van der Waals surface area contributed by atoms with Gasteiger partial charge in [0, 0.05) is 18.0 Å². The third kappa shape index (κ3) is 8.18. The average Bonchev–Trinajstić information content (AvgIpc) is 2.42. The monoisotopic (exact) mass is 322 g/mol. The highest BCUT2D eigenvalue weighted by Crippen LogP contribution is 2.11. The van der Waals surface area contributed by atoms with Crippen molar-refractivity contribution in [2.45, 2.75) is 59.3 Å². The SMILES string of the molecule is CC(C)C[C@H](NC(=O)OC(C)(C)C)C(=O)OCc1cccnc1. The maximum Gasteiger partial charge on any atom is 0.408 e. The van der Waals surface area contributed by atoms with E-state index in [1.165, 1.54) is 0 Å². The summed E-state index contributed by atoms with van der Waals surface area (Å²) in [5, 5.41) is 2.59. The predicted molar refractivity (Wildman–Crippen MR) is 86.6 cm³/mol. The fraction of sp³-hybridized carbons (Fsp3) is 0.588. The molecule has 0 unspecified atom stereocenters. The van der Waals surface area contributed by atoms with Crippen molar-refractivity contribution in [2.24, 2.45) is 5.92 Å². The normalized spacial score (nSPS) is 12.6. The fourth-order valence-corrected chi connectivity index (χ4v) is 1.87. The molecule has 0 aromatic carbocycles. The number of carbonyl (C=O) groups is 2. The zero-order chi connectivity index (χ0) is 17.5. The third-order valence-corrected chi connectivity index (χ3v) is 2.79. The molecule has 0 spiro atoms. The van der Waals surface area contributed by atoms with Crippen LogP contribution in [0.1, 0.15) is 46.6 Å². The van der Waals surface area contributed by atoms with Crippen LogP contribution in [0, 0.1) is 5.92 Å². The summed E-state index contributed by atoms with van der Waals surface area (Å²) in [7, 11) is 0. The number of carbonyl (C=O) groups excluding carboxylic acids is 2. The molecule has 6 nitrogen and oxygen atoms in total. The number of nitrogens with zero attached hydrogens (tertiary/aromatic N) is 1. The van der Waals surface area contributed by atoms with Gasteiger partial charge in [-0.15, -0.1) is 0 Å². The van der Waals surface area contributed by atoms with Crippen LogP contribution in [0.5, 0.6) is 0 Å². The van der Waals surface area contributed by atoms with Gasteiger partial charge in [-0.2, -0.15) is 0 Å². The number of hydrogen-bond acceptors (Lipinski definition) is 5. The maximum absolute atomic E-state index is 12.2. The van der Waals surface area contributed by atoms with Gasteiger partial charge in [-0.1, -0.05) is 19.9 Å². The molecular formula is C17H26N2O4. The minimum absolute atomic E-state index is 0.122. The summed E-state index contributed by atoms with van der Waals surface area (Å²) < 4.78 is 10.5. The Bertz CT molecular complexity index is 509. The number of rotatable bonds is 6. The molecular weight excluding hydrogens is 296 g/mol. The van der Waals surface area contributed by atoms with Crippen LogP contribution in [0.15, 0.2) is 24.5 Å². The number of hydrogen-bond donors (Lipinski definition) is 1. The molecule has 23 heavy (non-hydrogen) atoms. The molecule has 0 aliphatic rings. The van der Waals surface area contributed by atoms with E-state index < -0.39 is 23.7 Å². The molecule has 0 aliphatic carbocycles. The standard InChI is InChI=1S/C17H26N2O4/c1-12(2)9-14(19-16(21)23-17(3,4)5)15(20)22-11-13-7-6-8-18-10-13/h6-8,10,12,14H,9,11H2,1-5H3,(H,19,21)/t14-/m0/s1. The van der Waals surface area contributed by atoms with Crippen molar-refractivity contribution in [3.8, 4) is 0 Å². The van der Waals surface area contributed by atoms with E-state index in [-0.39, 0.29) is 12.5 Å². The predicted octanol–water partition coefficient (Wildman–Crippen LogP) is 3.06. The van der Waals surface area contributed by atoms with E-state index >= 15 is 0 Å². The van der Waals surface area contributed by atoms with Crippen molar-refractivity contribution >= 4 is 12.1 Å². The summed E-state index contributed by atoms with van der Waals surface area (Å²) in [5.41, 5.74) is 0.174. The molecule has 0 aliphatic heterocycles. The minimum atomic E-state index is -0.735. The van der Waals surface area contributed by atoms with Gasteiger partial charge in [0.2, 0.25) is 0 Å². The van der Waals surface area contributed by atoms with Crippen molar-refractivity contribution in [1.82, 2.24) is 10.3 Å². The lowest BCUT2D eigenvalue weighted by molar-refractivity contribution is -0.148. The first-order chi connectivity index (χ1) is 10.7. The highest BCUT2D eigenvalue weighted by molar-refractivity contribution is 5.81. The molecule has 1 heterocycles. The van der Waals surface area contributed by atoms with Crippen molar-refractivity contribution < 1.29 is 19.1 Å². The molecule has 1 atom stereocenters. The van der Waals surface area contributed by atoms with E-state index in [4.69, 9.17) is 9.47 Å². The molecule has 0 bridgehead atoms. The molecule has 1 rings (SSSR count). The Morgan fingerprint density at radius 3 is 2.52 bits per heavy atom. The van der Waals surface area contributed by atoms with Gasteiger partial charge < -0.3 is 14.8 Å². The second-order valence-electron chi connectivity index (χ2n) is 6.80. The van der Waals surface area contributed by atoms with Crippen molar-refractivity contribution in [3.05, 3.63) is 30.1 Å². The molecule has 0 saturated carbocycles. The van der Waals surface area contributed by atoms with Crippen molar-refractivity contribution in [1.29, 1.82) is 0 Å². The number of ether oxygens (including phenoxy) is 2. The van der Waals surface area contributed by atoms with Crippen LogP contribution in [-0.4, -0.2) is 28.7 Å². The van der Waals surface area contributed by atoms with Crippen LogP contribution < -0.4 is 5.32 Å². The van der Waals surface area contributed by atoms with E-state index in [0.717, 1.165) is 5.56 Å². The smallest absolute Gasteiger partial charge is 0.408 e. The molecule has 1 aromatic heterocycles. The van der Waals surface area contributed by atoms with Gasteiger partial charge in [-0.3, -0.25) is 4.98 Å². The molecule has 1 aromatic rings. The molecule has 0 radical (unpaired) electrons. The number of esters is 1. The maximum atomic E-state index is 12.2. The number of alkyl carbamates (subject to hydrolysis) is 1. The van der Waals surface area contributed by atoms with Crippen molar-refractivity contribution in [3.63, 3.8) is 0 Å². The van der Waals surface area contributed by atoms with Crippen LogP contribution in [0.3, 0.4) is 0 Å². The van der Waals surface area contributed by atoms with Gasteiger partial charge in [0.25, 0.3) is 0 Å². The summed E-state index contributed by atoms with van der Waals surface area (Å²) in [6, 6.07) is 2.86. The molecule has 1 amide bonds. The first-order valence-corrected chi connectivity index (χ1v) is 7.72. The molecule has 6 heteroatoms. The third-order valence-electron chi connectivity index (χ3n) is 2.79. The summed E-state index contributed by atoms with van der Waals surface area (Å²) >= 11 is 0. The fourth-order valence-electron chi connectivity index (χ4n) is 1.87. The minimum Gasteiger partial charge on any atom is -0.459 e. The van der Waals surface area contributed by atoms with Crippen molar-refractivity contribution in [2.75, 3.05) is 0 Å². The highest BCUT2D eigenvalue weighted by Gasteiger charge is 2.26. The lowest BCUT2D eigenvalue weighted by atomic mass is 10.0. The topological polar surface area (TPSA) is 77.5 Å². The number of amides is 1. The zero-order valence-corrected chi connectivity index (χ0v) is 14.5. The van der Waals surface area contributed by atoms with Gasteiger partial charge >= 0.3 is 12.1 Å². The highest BCUT2D eigenvalue weighted by atomic mass is 16.6. The number of pyridine rings is 1. The van der Waals surface area contributed by atoms with Gasteiger partial charge in [0.1, 0.15) is 18.2 Å². The Labute approximate surface area is 137 Å². The van der Waals surface area contributed by atoms with Crippen LogP contribution >= 0.6 is 0 Å². The average molecular weight is 322 g/mol. The summed E-state index contributed by atoms with van der Waals surface area (Å²) in [4.78, 5) is 28.1. The van der Waals surface area contributed by atoms with Crippen LogP contribution in [0.4, 0.5) is 4.79 Å². The molecule has 1 N–H and O–H groups in total. The van der Waals surface area contributed by atoms with E-state index in [9.17, 15) is 9.59 Å². The summed E-state index contributed by atoms with van der Waals surface area (Å²) in [6.45, 7) is 9.37. The number of aromatic nitrogens is 1. The zero-order valence-electron chi connectivity index (χ0n) is 14.5. The Morgan fingerprint density at radius 2 is 2.00 bits per heavy atom. The lowest BCUT2D eigenvalue weighted by Crippen LogP contribution is -2.44. The van der Waals surface area contributed by atoms with Crippen LogP contribution in [0.2, 0.25) is 0 Å². The summed E-state index contributed by atoms with van der Waals surface area (Å²) in [6.07, 6.45) is 3.13. The first-order valence-electron chi connectivity index (χ1n) is 7.72. The van der Waals surface area contributed by atoms with E-state index in [1.54, 1.807) is 39.2 Å². The van der Waals surface area contributed by atoms with E-state index in [1.807, 2.05) is 19.9 Å². The van der Waals surface area contributed by atoms with Gasteiger partial charge in [0.15, 0.2) is 0 Å². The van der Waals surface area contributed by atoms with E-state index in [0.29, 0.717) is 6.42 Å². The van der Waals surface area contributed by atoms with Gasteiger partial charge in [0.05, 0.1) is 0 Å². The quantitative estimate of drug-likeness (QED) is 0.814.